The molecular formula is C16H23NO2. The third kappa shape index (κ3) is 3.80. The molecule has 1 saturated carbocycles. The molecule has 1 fully saturated rings. The van der Waals surface area contributed by atoms with Gasteiger partial charge in [-0.2, -0.15) is 0 Å². The maximum Gasteiger partial charge on any atom is 0.308 e. The molecule has 0 aliphatic heterocycles. The van der Waals surface area contributed by atoms with Crippen molar-refractivity contribution in [2.24, 2.45) is 5.92 Å². The average molecular weight is 261 g/mol. The fraction of sp³-hybridized carbons (Fsp3) is 0.562. The zero-order valence-corrected chi connectivity index (χ0v) is 11.8. The number of esters is 1. The van der Waals surface area contributed by atoms with Crippen molar-refractivity contribution in [3.63, 3.8) is 0 Å². The summed E-state index contributed by atoms with van der Waals surface area (Å²) in [6.07, 6.45) is 4.08. The van der Waals surface area contributed by atoms with E-state index in [9.17, 15) is 4.79 Å². The summed E-state index contributed by atoms with van der Waals surface area (Å²) < 4.78 is 4.83. The van der Waals surface area contributed by atoms with Gasteiger partial charge < -0.3 is 4.74 Å². The van der Waals surface area contributed by atoms with Gasteiger partial charge in [0, 0.05) is 12.6 Å². The smallest absolute Gasteiger partial charge is 0.308 e. The standard InChI is InChI=1S/C16H23NO2/c1-17(12-13-6-4-3-5-7-13)15-10-8-14(9-11-15)16(18)19-2/h3-7,14-15H,8-12H2,1-2H3/t14-,15-. The van der Waals surface area contributed by atoms with Crippen molar-refractivity contribution < 1.29 is 9.53 Å². The summed E-state index contributed by atoms with van der Waals surface area (Å²) in [5, 5.41) is 0. The maximum atomic E-state index is 11.5. The second kappa shape index (κ2) is 6.71. The molecule has 0 spiro atoms. The van der Waals surface area contributed by atoms with E-state index in [1.54, 1.807) is 0 Å². The molecule has 0 N–H and O–H groups in total. The number of carbonyl (C=O) groups excluding carboxylic acids is 1. The Morgan fingerprint density at radius 1 is 1.21 bits per heavy atom. The van der Waals surface area contributed by atoms with Crippen molar-refractivity contribution in [2.45, 2.75) is 38.3 Å². The molecule has 0 bridgehead atoms. The van der Waals surface area contributed by atoms with Gasteiger partial charge in [-0.1, -0.05) is 30.3 Å². The number of hydrogen-bond acceptors (Lipinski definition) is 3. The zero-order valence-electron chi connectivity index (χ0n) is 11.8. The summed E-state index contributed by atoms with van der Waals surface area (Å²) in [7, 11) is 3.66. The molecule has 1 aromatic rings. The maximum absolute atomic E-state index is 11.5. The summed E-state index contributed by atoms with van der Waals surface area (Å²) in [4.78, 5) is 13.9. The normalized spacial score (nSPS) is 23.3. The first-order valence-corrected chi connectivity index (χ1v) is 7.02. The van der Waals surface area contributed by atoms with E-state index in [0.717, 1.165) is 32.2 Å². The van der Waals surface area contributed by atoms with Gasteiger partial charge in [0.2, 0.25) is 0 Å². The van der Waals surface area contributed by atoms with Crippen molar-refractivity contribution in [1.29, 1.82) is 0 Å². The van der Waals surface area contributed by atoms with Crippen molar-refractivity contribution in [3.05, 3.63) is 35.9 Å². The Bertz CT molecular complexity index is 396. The number of nitrogens with zero attached hydrogens (tertiary/aromatic N) is 1. The predicted octanol–water partition coefficient (Wildman–Crippen LogP) is 2.85. The Morgan fingerprint density at radius 2 is 1.84 bits per heavy atom. The molecule has 1 aromatic carbocycles. The number of methoxy groups -OCH3 is 1. The van der Waals surface area contributed by atoms with Crippen molar-refractivity contribution >= 4 is 5.97 Å². The molecule has 0 radical (unpaired) electrons. The van der Waals surface area contributed by atoms with Crippen molar-refractivity contribution in [1.82, 2.24) is 4.90 Å². The largest absolute Gasteiger partial charge is 0.469 e. The third-order valence-electron chi connectivity index (χ3n) is 4.13. The van der Waals surface area contributed by atoms with Crippen LogP contribution in [-0.4, -0.2) is 31.1 Å². The van der Waals surface area contributed by atoms with Crippen molar-refractivity contribution in [2.75, 3.05) is 14.2 Å². The molecule has 0 aromatic heterocycles. The highest BCUT2D eigenvalue weighted by atomic mass is 16.5. The van der Waals surface area contributed by atoms with Crippen LogP contribution in [0.2, 0.25) is 0 Å². The quantitative estimate of drug-likeness (QED) is 0.781. The van der Waals surface area contributed by atoms with Gasteiger partial charge >= 0.3 is 5.97 Å². The molecule has 1 aliphatic rings. The fourth-order valence-corrected chi connectivity index (χ4v) is 2.92. The summed E-state index contributed by atoms with van der Waals surface area (Å²) in [6.45, 7) is 0.981. The van der Waals surface area contributed by atoms with Crippen LogP contribution in [0.25, 0.3) is 0 Å². The van der Waals surface area contributed by atoms with E-state index in [4.69, 9.17) is 4.74 Å². The van der Waals surface area contributed by atoms with E-state index in [2.05, 4.69) is 36.2 Å². The molecule has 19 heavy (non-hydrogen) atoms. The Morgan fingerprint density at radius 3 is 2.42 bits per heavy atom. The molecule has 0 amide bonds. The molecule has 1 aliphatic carbocycles. The van der Waals surface area contributed by atoms with Gasteiger partial charge in [-0.15, -0.1) is 0 Å². The molecule has 104 valence electrons. The summed E-state index contributed by atoms with van der Waals surface area (Å²) in [6, 6.07) is 11.1. The monoisotopic (exact) mass is 261 g/mol. The predicted molar refractivity (Wildman–Crippen MR) is 75.7 cm³/mol. The fourth-order valence-electron chi connectivity index (χ4n) is 2.92. The van der Waals surface area contributed by atoms with Gasteiger partial charge in [-0.05, 0) is 38.3 Å². The molecule has 0 unspecified atom stereocenters. The molecule has 3 nitrogen and oxygen atoms in total. The van der Waals surface area contributed by atoms with E-state index >= 15 is 0 Å². The van der Waals surface area contributed by atoms with Gasteiger partial charge in [0.1, 0.15) is 0 Å². The summed E-state index contributed by atoms with van der Waals surface area (Å²) >= 11 is 0. The third-order valence-corrected chi connectivity index (χ3v) is 4.13. The Labute approximate surface area is 115 Å². The van der Waals surface area contributed by atoms with Crippen LogP contribution >= 0.6 is 0 Å². The van der Waals surface area contributed by atoms with Crippen LogP contribution in [0.1, 0.15) is 31.2 Å². The molecule has 0 heterocycles. The molecular weight excluding hydrogens is 238 g/mol. The topological polar surface area (TPSA) is 29.5 Å². The number of hydrogen-bond donors (Lipinski definition) is 0. The van der Waals surface area contributed by atoms with Gasteiger partial charge in [0.05, 0.1) is 13.0 Å². The molecule has 3 heteroatoms. The van der Waals surface area contributed by atoms with E-state index in [1.807, 2.05) is 6.07 Å². The van der Waals surface area contributed by atoms with E-state index < -0.39 is 0 Å². The van der Waals surface area contributed by atoms with Gasteiger partial charge in [0.15, 0.2) is 0 Å². The van der Waals surface area contributed by atoms with Gasteiger partial charge in [-0.25, -0.2) is 0 Å². The van der Waals surface area contributed by atoms with Crippen LogP contribution in [0, 0.1) is 5.92 Å². The number of rotatable bonds is 4. The van der Waals surface area contributed by atoms with Crippen LogP contribution in [0.5, 0.6) is 0 Å². The first-order chi connectivity index (χ1) is 9.20. The molecule has 0 saturated heterocycles. The lowest BCUT2D eigenvalue weighted by atomic mass is 9.85. The van der Waals surface area contributed by atoms with Crippen molar-refractivity contribution in [3.8, 4) is 0 Å². The van der Waals surface area contributed by atoms with Gasteiger partial charge in [0.25, 0.3) is 0 Å². The van der Waals surface area contributed by atoms with Crippen LogP contribution in [0.15, 0.2) is 30.3 Å². The van der Waals surface area contributed by atoms with E-state index in [1.165, 1.54) is 12.7 Å². The summed E-state index contributed by atoms with van der Waals surface area (Å²) in [5.74, 6) is 0.0792. The first kappa shape index (κ1) is 14.1. The second-order valence-corrected chi connectivity index (χ2v) is 5.43. The number of carbonyl (C=O) groups is 1. The highest BCUT2D eigenvalue weighted by molar-refractivity contribution is 5.72. The summed E-state index contributed by atoms with van der Waals surface area (Å²) in [5.41, 5.74) is 1.35. The lowest BCUT2D eigenvalue weighted by molar-refractivity contribution is -0.146. The van der Waals surface area contributed by atoms with Gasteiger partial charge in [-0.3, -0.25) is 9.69 Å². The van der Waals surface area contributed by atoms with Crippen LogP contribution < -0.4 is 0 Å². The van der Waals surface area contributed by atoms with Crippen LogP contribution in [-0.2, 0) is 16.1 Å². The number of benzene rings is 1. The minimum Gasteiger partial charge on any atom is -0.469 e. The Kier molecular flexibility index (Phi) is 4.97. The van der Waals surface area contributed by atoms with Crippen LogP contribution in [0.3, 0.4) is 0 Å². The highest BCUT2D eigenvalue weighted by Crippen LogP contribution is 2.28. The highest BCUT2D eigenvalue weighted by Gasteiger charge is 2.28. The minimum atomic E-state index is -0.0378. The first-order valence-electron chi connectivity index (χ1n) is 7.02. The molecule has 0 atom stereocenters. The van der Waals surface area contributed by atoms with E-state index in [0.29, 0.717) is 6.04 Å². The SMILES string of the molecule is COC(=O)[C@H]1CC[C@H](N(C)Cc2ccccc2)CC1. The number of ether oxygens (including phenoxy) is 1. The zero-order chi connectivity index (χ0) is 13.7. The lowest BCUT2D eigenvalue weighted by Crippen LogP contribution is -2.36. The Hall–Kier alpha value is -1.35. The minimum absolute atomic E-state index is 0.0378. The second-order valence-electron chi connectivity index (χ2n) is 5.43. The Balaban J connectivity index is 1.82. The van der Waals surface area contributed by atoms with E-state index in [-0.39, 0.29) is 11.9 Å². The molecule has 2 rings (SSSR count). The average Bonchev–Trinajstić information content (AvgIpc) is 2.47. The van der Waals surface area contributed by atoms with Crippen LogP contribution in [0.4, 0.5) is 0 Å². The lowest BCUT2D eigenvalue weighted by Gasteiger charge is -2.33.